The van der Waals surface area contributed by atoms with Gasteiger partial charge in [0.1, 0.15) is 0 Å². The Balaban J connectivity index is -0.00000129. The van der Waals surface area contributed by atoms with Gasteiger partial charge < -0.3 is 62.6 Å². The number of aliphatic hydroxyl groups excluding tert-OH is 5. The molecule has 0 aliphatic carbocycles. The van der Waals surface area contributed by atoms with Crippen LogP contribution in [-0.2, 0) is 188 Å². The maximum atomic E-state index is 13.3. The Labute approximate surface area is 788 Å². The van der Waals surface area contributed by atoms with E-state index in [0.29, 0.717) is 5.82 Å². The van der Waals surface area contributed by atoms with Crippen LogP contribution in [-0.4, -0.2) is 127 Å². The number of methoxy groups -OCH3 is 1. The van der Waals surface area contributed by atoms with Crippen LogP contribution in [0, 0.1) is 48.0 Å². The molecule has 121 heavy (non-hydrogen) atoms. The number of aliphatic hydroxyl groups is 5. The third-order valence-electron chi connectivity index (χ3n) is 14.8. The molecule has 6 aromatic heterocycles. The van der Waals surface area contributed by atoms with Gasteiger partial charge in [-0.05, 0) is 80.7 Å². The first-order valence-electron chi connectivity index (χ1n) is 35.4. The van der Waals surface area contributed by atoms with Gasteiger partial charge in [0.05, 0.1) is 77.4 Å². The van der Waals surface area contributed by atoms with Crippen LogP contribution in [0.5, 0.6) is 5.75 Å². The van der Waals surface area contributed by atoms with E-state index in [-0.39, 0.29) is 179 Å². The zero-order valence-corrected chi connectivity index (χ0v) is 83.7. The molecule has 6 heterocycles. The molecule has 31 heteroatoms. The monoisotopic (exact) mass is 2720 g/mol. The molecule has 0 spiro atoms. The molecule has 656 valence electrons. The van der Waals surface area contributed by atoms with E-state index in [9.17, 15) is 28.0 Å². The Bertz CT molecular complexity index is 5080. The minimum atomic E-state index is -0.653. The Morgan fingerprint density at radius 2 is 0.793 bits per heavy atom. The van der Waals surface area contributed by atoms with Crippen molar-refractivity contribution in [1.82, 2.24) is 57.3 Å². The fraction of sp³-hybridized carbons (Fsp3) is 0.200. The molecule has 0 atom stereocenters. The number of allylic oxidation sites excluding steroid dienone is 8. The molecule has 6 radical (unpaired) electrons. The van der Waals surface area contributed by atoms with Gasteiger partial charge in [0.25, 0.3) is 0 Å². The van der Waals surface area contributed by atoms with Gasteiger partial charge in [-0.15, -0.1) is 179 Å². The van der Waals surface area contributed by atoms with Crippen molar-refractivity contribution in [2.45, 2.75) is 68.5 Å². The number of ketones is 4. The van der Waals surface area contributed by atoms with Gasteiger partial charge in [-0.2, -0.15) is 0 Å². The second-order valence-electron chi connectivity index (χ2n) is 25.1. The number of anilines is 1. The van der Waals surface area contributed by atoms with E-state index in [1.54, 1.807) is 55.9 Å². The number of hydrogen-bond donors (Lipinski definition) is 5. The van der Waals surface area contributed by atoms with Gasteiger partial charge in [-0.25, -0.2) is 0 Å². The molecule has 0 saturated heterocycles. The second-order valence-corrected chi connectivity index (χ2v) is 25.1. The number of rotatable bonds is 15. The number of aryl methyl sites for hydroxylation is 4. The summed E-state index contributed by atoms with van der Waals surface area (Å²) in [6, 6.07) is 65.8. The number of carbonyl (C=O) groups excluding carboxylic acids is 4. The zero-order valence-electron chi connectivity index (χ0n) is 69.4. The van der Waals surface area contributed by atoms with E-state index in [2.05, 4.69) is 106 Å². The first-order chi connectivity index (χ1) is 54.8. The van der Waals surface area contributed by atoms with Gasteiger partial charge in [-0.1, -0.05) is 42.0 Å². The van der Waals surface area contributed by atoms with E-state index in [1.807, 2.05) is 201 Å². The molecular weight excluding hydrogens is 2610 g/mol. The summed E-state index contributed by atoms with van der Waals surface area (Å²) in [5, 5.41) is 42.5. The molecule has 0 aliphatic rings. The second kappa shape index (κ2) is 63.0. The Hall–Kier alpha value is -10.0. The average Bonchev–Trinajstić information content (AvgIpc) is 1.75. The van der Waals surface area contributed by atoms with Crippen molar-refractivity contribution < 1.29 is 179 Å². The summed E-state index contributed by atoms with van der Waals surface area (Å²) in [6.45, 7) is 12.2. The van der Waals surface area contributed by atoms with Crippen LogP contribution in [0.2, 0.25) is 0 Å². The number of ether oxygens (including phenoxy) is 1. The van der Waals surface area contributed by atoms with E-state index in [1.165, 1.54) is 85.3 Å². The molecule has 23 nitrogen and oxygen atoms in total. The van der Waals surface area contributed by atoms with Crippen LogP contribution < -0.4 is 9.64 Å². The fourth-order valence-electron chi connectivity index (χ4n) is 9.69. The summed E-state index contributed by atoms with van der Waals surface area (Å²) in [4.78, 5) is 67.4. The number of halogens is 2. The summed E-state index contributed by atoms with van der Waals surface area (Å²) in [5.74, 6) is 4.29. The van der Waals surface area contributed by atoms with Crippen LogP contribution in [0.25, 0.3) is 68.3 Å². The summed E-state index contributed by atoms with van der Waals surface area (Å²) in [7, 11) is 15.2. The Morgan fingerprint density at radius 3 is 1.10 bits per heavy atom. The van der Waals surface area contributed by atoms with Crippen molar-refractivity contribution in [3.63, 3.8) is 0 Å². The van der Waals surface area contributed by atoms with E-state index >= 15 is 0 Å². The summed E-state index contributed by atoms with van der Waals surface area (Å²) in [5.41, 5.74) is 8.39. The van der Waals surface area contributed by atoms with E-state index in [0.717, 1.165) is 92.7 Å². The van der Waals surface area contributed by atoms with Gasteiger partial charge >= 0.3 is 0 Å². The van der Waals surface area contributed by atoms with Crippen molar-refractivity contribution in [2.75, 3.05) is 26.1 Å². The number of nitrogens with zero attached hydrogens (tertiary/aromatic N) is 13. The number of benzene rings is 7. The molecule has 7 aromatic carbocycles. The minimum absolute atomic E-state index is 0. The molecule has 13 aromatic rings. The molecule has 0 saturated carbocycles. The van der Waals surface area contributed by atoms with Crippen molar-refractivity contribution >= 4 is 28.8 Å². The van der Waals surface area contributed by atoms with E-state index in [4.69, 9.17) is 30.3 Å². The Kier molecular flexibility index (Phi) is 59.9. The van der Waals surface area contributed by atoms with Crippen LogP contribution >= 0.6 is 0 Å². The summed E-state index contributed by atoms with van der Waals surface area (Å²) in [6.07, 6.45) is 24.5. The van der Waals surface area contributed by atoms with Gasteiger partial charge in [-0.3, -0.25) is 57.9 Å². The normalized spacial score (nSPS) is 10.1. The van der Waals surface area contributed by atoms with Crippen LogP contribution in [0.3, 0.4) is 0 Å². The summed E-state index contributed by atoms with van der Waals surface area (Å²) >= 11 is 0. The molecule has 0 bridgehead atoms. The van der Waals surface area contributed by atoms with Gasteiger partial charge in [0.2, 0.25) is 0 Å². The van der Waals surface area contributed by atoms with Crippen molar-refractivity contribution in [3.8, 4) is 74.1 Å². The predicted octanol–water partition coefficient (Wildman–Crippen LogP) is 16.8. The SMILES string of the molecule is CC(=O)C=C(C)O.CC(=O)C=C(C)O.CC(=O)C=C(C)O.CC(=O)C=C(C)O.CN(C)c1c[c-]c(-c2nccn2C)cc1.COc1c[c-]c(-c2nccn2C)cc1.Cn1c(CO)cnc1-c1[c-]cccc1.Cn1ccnc1-c1[c-]cc(F)cc1F.Cn1ccnc1-c1[c-]cccc1.[Ir].[Ir].[Ir].[Ir].[Ir].[Ir].[c-]1ccccc1-c1nccn1Cc1ccccc1. The fourth-order valence-corrected chi connectivity index (χ4v) is 9.69. The topological polar surface area (TPSA) is 289 Å². The molecule has 0 unspecified atom stereocenters. The maximum Gasteiger partial charge on any atom is 0.155 e. The van der Waals surface area contributed by atoms with Crippen molar-refractivity contribution in [2.24, 2.45) is 35.2 Å². The average molecular weight is 2710 g/mol. The first-order valence-corrected chi connectivity index (χ1v) is 35.4. The number of hydrogen-bond acceptors (Lipinski definition) is 17. The third-order valence-corrected chi connectivity index (χ3v) is 14.8. The zero-order chi connectivity index (χ0) is 84.9. The molecular formula is C90H97F2Ir6N13O10-6. The smallest absolute Gasteiger partial charge is 0.155 e. The maximum absolute atomic E-state index is 13.3. The molecule has 5 N–H and O–H groups in total. The van der Waals surface area contributed by atoms with Crippen LogP contribution in [0.4, 0.5) is 14.5 Å². The van der Waals surface area contributed by atoms with Crippen molar-refractivity contribution in [3.05, 3.63) is 326 Å². The first kappa shape index (κ1) is 115. The number of carbonyl (C=O) groups is 4. The quantitative estimate of drug-likeness (QED) is 0.0362. The number of imidazole rings is 6. The molecule has 13 rings (SSSR count). The van der Waals surface area contributed by atoms with Crippen molar-refractivity contribution in [1.29, 1.82) is 0 Å². The van der Waals surface area contributed by atoms with Crippen LogP contribution in [0.1, 0.15) is 66.6 Å². The summed E-state index contributed by atoms with van der Waals surface area (Å²) < 4.78 is 42.5. The predicted molar refractivity (Wildman–Crippen MR) is 444 cm³/mol. The van der Waals surface area contributed by atoms with Crippen LogP contribution in [0.15, 0.2) is 267 Å². The molecule has 0 aliphatic heterocycles. The third kappa shape index (κ3) is 44.4. The standard InChI is InChI=1S/C16H13N2.C12H14N3.2C11H11N2O.C10H7F2N2.C10H9N2.4C5H8O2.6Ir/c1-3-7-14(8-4-1)13-18-12-11-17-16(18)15-9-5-2-6-10-15;1-14(2)11-6-4-10(5-7-11)12-13-8-9-15(12)3;1-13-8-7-12-11(13)9-3-5-10(14-2)6-4-9;1-13-10(8-14)7-12-11(13)9-5-3-2-4-6-9;1-14-5-4-13-10(14)8-3-2-7(11)6-9(8)12;1-12-8-7-11-10(12)9-5-3-2-4-6-9;4*1-4(6)3-5(2)7;;;;;;/h1-9,11-12H,13H2;4,6-9H,1-3H3;3,5-8H,1-2H3;2-5,7,14H,8H2,1H3;2,4-6H,1H3;2-5,7-8H,1H3;4*3,6H,1-2H3;;;;;;/q6*-1;;;;;;;;;;. The van der Waals surface area contributed by atoms with E-state index < -0.39 is 11.6 Å². The van der Waals surface area contributed by atoms with Gasteiger partial charge in [0.15, 0.2) is 23.1 Å². The molecule has 0 fully saturated rings. The Morgan fingerprint density at radius 1 is 0.430 bits per heavy atom. The number of aromatic nitrogens is 12. The van der Waals surface area contributed by atoms with Gasteiger partial charge in [0, 0.05) is 272 Å². The molecule has 0 amide bonds. The minimum Gasteiger partial charge on any atom is -0.540 e. The largest absolute Gasteiger partial charge is 0.540 e.